The van der Waals surface area contributed by atoms with Gasteiger partial charge in [0.2, 0.25) is 0 Å². The van der Waals surface area contributed by atoms with Gasteiger partial charge in [-0.15, -0.1) is 11.3 Å². The van der Waals surface area contributed by atoms with Gasteiger partial charge in [0.15, 0.2) is 0 Å². The predicted molar refractivity (Wildman–Crippen MR) is 89.2 cm³/mol. The Balaban J connectivity index is 2.40. The average Bonchev–Trinajstić information content (AvgIpc) is 2.76. The molecule has 1 heterocycles. The molecule has 0 saturated carbocycles. The van der Waals surface area contributed by atoms with Gasteiger partial charge < -0.3 is 10.1 Å². The lowest BCUT2D eigenvalue weighted by molar-refractivity contribution is 0.197. The van der Waals surface area contributed by atoms with Crippen molar-refractivity contribution < 1.29 is 4.74 Å². The first kappa shape index (κ1) is 16.1. The molecular weight excluding hydrogens is 280 g/mol. The number of aromatic nitrogens is 1. The number of rotatable bonds is 6. The monoisotopic (exact) mass is 304 g/mol. The third kappa shape index (κ3) is 3.70. The van der Waals surface area contributed by atoms with E-state index in [2.05, 4.69) is 51.2 Å². The number of ether oxygens (including phenoxy) is 1. The topological polar surface area (TPSA) is 34.1 Å². The molecule has 4 heteroatoms. The second kappa shape index (κ2) is 7.16. The number of nitrogens with zero attached hydrogens (tertiary/aromatic N) is 1. The summed E-state index contributed by atoms with van der Waals surface area (Å²) >= 11 is 1.78. The zero-order valence-electron chi connectivity index (χ0n) is 13.5. The van der Waals surface area contributed by atoms with Gasteiger partial charge in [0.1, 0.15) is 5.01 Å². The molecule has 0 radical (unpaired) electrons. The van der Waals surface area contributed by atoms with Crippen molar-refractivity contribution in [1.82, 2.24) is 10.3 Å². The van der Waals surface area contributed by atoms with Crippen LogP contribution < -0.4 is 5.32 Å². The zero-order chi connectivity index (χ0) is 15.4. The summed E-state index contributed by atoms with van der Waals surface area (Å²) in [4.78, 5) is 6.05. The van der Waals surface area contributed by atoms with Crippen LogP contribution in [0.4, 0.5) is 0 Å². The van der Waals surface area contributed by atoms with E-state index in [1.807, 2.05) is 0 Å². The Morgan fingerprint density at radius 3 is 2.38 bits per heavy atom. The van der Waals surface area contributed by atoms with Gasteiger partial charge in [-0.05, 0) is 44.4 Å². The van der Waals surface area contributed by atoms with E-state index in [-0.39, 0.29) is 6.04 Å². The summed E-state index contributed by atoms with van der Waals surface area (Å²) in [5.74, 6) is 0. The lowest BCUT2D eigenvalue weighted by atomic mass is 9.96. The van der Waals surface area contributed by atoms with Gasteiger partial charge in [0.05, 0.1) is 18.3 Å². The smallest absolute Gasteiger partial charge is 0.115 e. The molecule has 1 atom stereocenters. The number of benzene rings is 1. The van der Waals surface area contributed by atoms with Crippen molar-refractivity contribution in [3.63, 3.8) is 0 Å². The molecule has 3 nitrogen and oxygen atoms in total. The molecule has 0 fully saturated rings. The second-order valence-electron chi connectivity index (χ2n) is 5.38. The standard InChI is InChI=1S/C17H24N2OS/c1-11-7-6-8-12(2)15(11)16(18-9-10-20-5)17-19-13(3)14(4)21-17/h6-8,16,18H,9-10H2,1-5H3. The number of methoxy groups -OCH3 is 1. The third-order valence-electron chi connectivity index (χ3n) is 3.78. The molecule has 1 N–H and O–H groups in total. The normalized spacial score (nSPS) is 12.6. The van der Waals surface area contributed by atoms with E-state index in [0.29, 0.717) is 6.61 Å². The third-order valence-corrected chi connectivity index (χ3v) is 4.92. The minimum absolute atomic E-state index is 0.138. The van der Waals surface area contributed by atoms with E-state index in [1.54, 1.807) is 18.4 Å². The molecule has 0 spiro atoms. The Kier molecular flexibility index (Phi) is 5.51. The first-order valence-corrected chi connectivity index (χ1v) is 8.08. The van der Waals surface area contributed by atoms with Gasteiger partial charge in [0.25, 0.3) is 0 Å². The fourth-order valence-corrected chi connectivity index (χ4v) is 3.53. The lowest BCUT2D eigenvalue weighted by Crippen LogP contribution is -2.27. The fourth-order valence-electron chi connectivity index (χ4n) is 2.52. The van der Waals surface area contributed by atoms with Crippen molar-refractivity contribution in [3.05, 3.63) is 50.5 Å². The summed E-state index contributed by atoms with van der Waals surface area (Å²) < 4.78 is 5.17. The number of aryl methyl sites for hydroxylation is 4. The highest BCUT2D eigenvalue weighted by atomic mass is 32.1. The molecule has 0 aliphatic carbocycles. The van der Waals surface area contributed by atoms with E-state index in [1.165, 1.54) is 21.6 Å². The molecule has 2 rings (SSSR count). The molecule has 1 unspecified atom stereocenters. The molecule has 0 aliphatic heterocycles. The van der Waals surface area contributed by atoms with E-state index in [9.17, 15) is 0 Å². The maximum atomic E-state index is 5.17. The molecule has 114 valence electrons. The maximum absolute atomic E-state index is 5.17. The summed E-state index contributed by atoms with van der Waals surface area (Å²) in [6.45, 7) is 10.1. The molecule has 21 heavy (non-hydrogen) atoms. The molecule has 1 aromatic heterocycles. The number of hydrogen-bond donors (Lipinski definition) is 1. The highest BCUT2D eigenvalue weighted by Gasteiger charge is 2.21. The Hall–Kier alpha value is -1.23. The largest absolute Gasteiger partial charge is 0.383 e. The Bertz CT molecular complexity index is 567. The van der Waals surface area contributed by atoms with E-state index < -0.39 is 0 Å². The van der Waals surface area contributed by atoms with Crippen LogP contribution in [0.1, 0.15) is 38.3 Å². The fraction of sp³-hybridized carbons (Fsp3) is 0.471. The van der Waals surface area contributed by atoms with Crippen LogP contribution in [0.5, 0.6) is 0 Å². The summed E-state index contributed by atoms with van der Waals surface area (Å²) in [5, 5.41) is 4.74. The van der Waals surface area contributed by atoms with Crippen molar-refractivity contribution in [2.75, 3.05) is 20.3 Å². The summed E-state index contributed by atoms with van der Waals surface area (Å²) in [6, 6.07) is 6.58. The molecule has 0 amide bonds. The molecule has 0 saturated heterocycles. The van der Waals surface area contributed by atoms with Crippen LogP contribution in [0.3, 0.4) is 0 Å². The molecule has 1 aromatic carbocycles. The minimum Gasteiger partial charge on any atom is -0.383 e. The summed E-state index contributed by atoms with van der Waals surface area (Å²) in [6.07, 6.45) is 0. The summed E-state index contributed by atoms with van der Waals surface area (Å²) in [5.41, 5.74) is 5.06. The van der Waals surface area contributed by atoms with Crippen molar-refractivity contribution >= 4 is 11.3 Å². The van der Waals surface area contributed by atoms with Crippen LogP contribution in [0, 0.1) is 27.7 Å². The first-order chi connectivity index (χ1) is 10.0. The SMILES string of the molecule is COCCNC(c1nc(C)c(C)s1)c1c(C)cccc1C. The van der Waals surface area contributed by atoms with Crippen LogP contribution in [0.25, 0.3) is 0 Å². The Labute approximate surface area is 131 Å². The lowest BCUT2D eigenvalue weighted by Gasteiger charge is -2.21. The molecule has 0 aliphatic rings. The van der Waals surface area contributed by atoms with Crippen LogP contribution in [-0.4, -0.2) is 25.2 Å². The van der Waals surface area contributed by atoms with Crippen LogP contribution >= 0.6 is 11.3 Å². The van der Waals surface area contributed by atoms with Crippen LogP contribution in [0.2, 0.25) is 0 Å². The van der Waals surface area contributed by atoms with Crippen molar-refractivity contribution in [1.29, 1.82) is 0 Å². The molecule has 2 aromatic rings. The molecular formula is C17H24N2OS. The average molecular weight is 304 g/mol. The predicted octanol–water partition coefficient (Wildman–Crippen LogP) is 3.70. The minimum atomic E-state index is 0.138. The van der Waals surface area contributed by atoms with Crippen LogP contribution in [-0.2, 0) is 4.74 Å². The van der Waals surface area contributed by atoms with E-state index in [0.717, 1.165) is 17.2 Å². The van der Waals surface area contributed by atoms with Gasteiger partial charge in [-0.25, -0.2) is 4.98 Å². The first-order valence-electron chi connectivity index (χ1n) is 7.27. The van der Waals surface area contributed by atoms with E-state index >= 15 is 0 Å². The second-order valence-corrected chi connectivity index (χ2v) is 6.61. The van der Waals surface area contributed by atoms with Crippen LogP contribution in [0.15, 0.2) is 18.2 Å². The Morgan fingerprint density at radius 2 is 1.86 bits per heavy atom. The molecule has 0 bridgehead atoms. The Morgan fingerprint density at radius 1 is 1.19 bits per heavy atom. The quantitative estimate of drug-likeness (QED) is 0.826. The van der Waals surface area contributed by atoms with Crippen molar-refractivity contribution in [3.8, 4) is 0 Å². The number of thiazole rings is 1. The van der Waals surface area contributed by atoms with Crippen molar-refractivity contribution in [2.45, 2.75) is 33.7 Å². The maximum Gasteiger partial charge on any atom is 0.115 e. The van der Waals surface area contributed by atoms with Crippen molar-refractivity contribution in [2.24, 2.45) is 0 Å². The summed E-state index contributed by atoms with van der Waals surface area (Å²) in [7, 11) is 1.73. The highest BCUT2D eigenvalue weighted by Crippen LogP contribution is 2.31. The highest BCUT2D eigenvalue weighted by molar-refractivity contribution is 7.11. The van der Waals surface area contributed by atoms with Gasteiger partial charge >= 0.3 is 0 Å². The van der Waals surface area contributed by atoms with E-state index in [4.69, 9.17) is 9.72 Å². The van der Waals surface area contributed by atoms with Gasteiger partial charge in [-0.1, -0.05) is 18.2 Å². The van der Waals surface area contributed by atoms with Gasteiger partial charge in [-0.3, -0.25) is 0 Å². The van der Waals surface area contributed by atoms with Gasteiger partial charge in [-0.2, -0.15) is 0 Å². The number of nitrogens with one attached hydrogen (secondary N) is 1. The van der Waals surface area contributed by atoms with Gasteiger partial charge in [0, 0.05) is 18.5 Å². The number of hydrogen-bond acceptors (Lipinski definition) is 4. The zero-order valence-corrected chi connectivity index (χ0v) is 14.3.